The molecule has 106 valence electrons. The quantitative estimate of drug-likeness (QED) is 0.823. The van der Waals surface area contributed by atoms with Crippen molar-refractivity contribution in [2.24, 2.45) is 5.14 Å². The average molecular weight is 421 g/mol. The largest absolute Gasteiger partial charge is 0.488 e. The van der Waals surface area contributed by atoms with Gasteiger partial charge in [-0.1, -0.05) is 34.1 Å². The number of hydrogen-bond acceptors (Lipinski definition) is 3. The summed E-state index contributed by atoms with van der Waals surface area (Å²) in [7, 11) is -3.71. The SMILES string of the molecule is NS(=O)(=O)c1ccc(OCc2ccccc2Br)c(Br)c1. The van der Waals surface area contributed by atoms with E-state index in [-0.39, 0.29) is 4.90 Å². The fraction of sp³-hybridized carbons (Fsp3) is 0.0769. The smallest absolute Gasteiger partial charge is 0.238 e. The zero-order valence-electron chi connectivity index (χ0n) is 10.2. The van der Waals surface area contributed by atoms with Gasteiger partial charge < -0.3 is 4.74 Å². The molecule has 2 N–H and O–H groups in total. The lowest BCUT2D eigenvalue weighted by molar-refractivity contribution is 0.303. The molecule has 0 fully saturated rings. The zero-order chi connectivity index (χ0) is 14.8. The predicted molar refractivity (Wildman–Crippen MR) is 84.0 cm³/mol. The van der Waals surface area contributed by atoms with Crippen molar-refractivity contribution in [3.63, 3.8) is 0 Å². The van der Waals surface area contributed by atoms with Gasteiger partial charge in [-0.05, 0) is 40.2 Å². The zero-order valence-corrected chi connectivity index (χ0v) is 14.2. The maximum Gasteiger partial charge on any atom is 0.238 e. The van der Waals surface area contributed by atoms with Gasteiger partial charge in [0.05, 0.1) is 9.37 Å². The molecule has 7 heteroatoms. The maximum absolute atomic E-state index is 11.2. The Bertz CT molecular complexity index is 732. The Hall–Kier alpha value is -0.890. The fourth-order valence-electron chi connectivity index (χ4n) is 1.55. The monoisotopic (exact) mass is 419 g/mol. The van der Waals surface area contributed by atoms with Gasteiger partial charge in [-0.3, -0.25) is 0 Å². The lowest BCUT2D eigenvalue weighted by Gasteiger charge is -2.10. The van der Waals surface area contributed by atoms with Gasteiger partial charge in [-0.2, -0.15) is 0 Å². The van der Waals surface area contributed by atoms with E-state index in [1.54, 1.807) is 6.07 Å². The van der Waals surface area contributed by atoms with Crippen LogP contribution in [0.15, 0.2) is 56.3 Å². The van der Waals surface area contributed by atoms with E-state index in [4.69, 9.17) is 9.88 Å². The van der Waals surface area contributed by atoms with Crippen molar-refractivity contribution in [2.45, 2.75) is 11.5 Å². The van der Waals surface area contributed by atoms with Crippen LogP contribution in [0.4, 0.5) is 0 Å². The van der Waals surface area contributed by atoms with Gasteiger partial charge in [0.25, 0.3) is 0 Å². The molecule has 0 unspecified atom stereocenters. The van der Waals surface area contributed by atoms with Crippen molar-refractivity contribution in [3.8, 4) is 5.75 Å². The van der Waals surface area contributed by atoms with Crippen LogP contribution in [0.3, 0.4) is 0 Å². The van der Waals surface area contributed by atoms with Crippen LogP contribution < -0.4 is 9.88 Å². The van der Waals surface area contributed by atoms with Gasteiger partial charge in [-0.25, -0.2) is 13.6 Å². The van der Waals surface area contributed by atoms with Crippen molar-refractivity contribution < 1.29 is 13.2 Å². The molecule has 0 amide bonds. The summed E-state index contributed by atoms with van der Waals surface area (Å²) in [4.78, 5) is 0.0395. The van der Waals surface area contributed by atoms with Crippen LogP contribution in [0.5, 0.6) is 5.75 Å². The first kappa shape index (κ1) is 15.5. The Morgan fingerprint density at radius 2 is 1.75 bits per heavy atom. The maximum atomic E-state index is 11.2. The number of primary sulfonamides is 1. The minimum absolute atomic E-state index is 0.0395. The summed E-state index contributed by atoms with van der Waals surface area (Å²) >= 11 is 6.71. The third-order valence-corrected chi connectivity index (χ3v) is 4.88. The molecule has 0 spiro atoms. The average Bonchev–Trinajstić information content (AvgIpc) is 2.38. The third-order valence-electron chi connectivity index (χ3n) is 2.57. The summed E-state index contributed by atoms with van der Waals surface area (Å²) in [5.74, 6) is 0.549. The Morgan fingerprint density at radius 3 is 2.35 bits per heavy atom. The van der Waals surface area contributed by atoms with Crippen LogP contribution in [0, 0.1) is 0 Å². The molecule has 2 aromatic carbocycles. The van der Waals surface area contributed by atoms with E-state index >= 15 is 0 Å². The number of nitrogens with two attached hydrogens (primary N) is 1. The van der Waals surface area contributed by atoms with Crippen molar-refractivity contribution in [1.82, 2.24) is 0 Å². The van der Waals surface area contributed by atoms with Crippen LogP contribution >= 0.6 is 31.9 Å². The fourth-order valence-corrected chi connectivity index (χ4v) is 3.13. The number of halogens is 2. The highest BCUT2D eigenvalue weighted by Gasteiger charge is 2.11. The number of benzene rings is 2. The van der Waals surface area contributed by atoms with E-state index in [0.717, 1.165) is 10.0 Å². The highest BCUT2D eigenvalue weighted by atomic mass is 79.9. The Kier molecular flexibility index (Phi) is 4.85. The molecule has 0 atom stereocenters. The van der Waals surface area contributed by atoms with Gasteiger partial charge in [0, 0.05) is 10.0 Å². The molecule has 20 heavy (non-hydrogen) atoms. The summed E-state index contributed by atoms with van der Waals surface area (Å²) in [6.45, 7) is 0.370. The highest BCUT2D eigenvalue weighted by molar-refractivity contribution is 9.10. The van der Waals surface area contributed by atoms with Crippen LogP contribution in [-0.2, 0) is 16.6 Å². The van der Waals surface area contributed by atoms with E-state index in [9.17, 15) is 8.42 Å². The molecule has 0 radical (unpaired) electrons. The normalized spacial score (nSPS) is 11.3. The molecule has 0 aliphatic carbocycles. The molecule has 0 aliphatic rings. The molecule has 0 aliphatic heterocycles. The van der Waals surface area contributed by atoms with Gasteiger partial charge in [-0.15, -0.1) is 0 Å². The molecule has 0 heterocycles. The number of ether oxygens (including phenoxy) is 1. The molecular weight excluding hydrogens is 410 g/mol. The minimum atomic E-state index is -3.71. The van der Waals surface area contributed by atoms with Gasteiger partial charge >= 0.3 is 0 Å². The topological polar surface area (TPSA) is 69.4 Å². The molecule has 0 aromatic heterocycles. The van der Waals surface area contributed by atoms with Crippen LogP contribution in [0.2, 0.25) is 0 Å². The molecule has 4 nitrogen and oxygen atoms in total. The lowest BCUT2D eigenvalue weighted by atomic mass is 10.2. The Labute approximate surface area is 134 Å². The van der Waals surface area contributed by atoms with E-state index < -0.39 is 10.0 Å². The summed E-state index contributed by atoms with van der Waals surface area (Å²) in [5.41, 5.74) is 0.995. The van der Waals surface area contributed by atoms with Crippen LogP contribution in [0.25, 0.3) is 0 Å². The van der Waals surface area contributed by atoms with E-state index in [2.05, 4.69) is 31.9 Å². The van der Waals surface area contributed by atoms with Crippen molar-refractivity contribution in [2.75, 3.05) is 0 Å². The van der Waals surface area contributed by atoms with Crippen LogP contribution in [-0.4, -0.2) is 8.42 Å². The second kappa shape index (κ2) is 6.26. The third kappa shape index (κ3) is 3.82. The number of rotatable bonds is 4. The second-order valence-electron chi connectivity index (χ2n) is 4.02. The first-order valence-electron chi connectivity index (χ1n) is 5.56. The molecule has 0 saturated carbocycles. The highest BCUT2D eigenvalue weighted by Crippen LogP contribution is 2.28. The van der Waals surface area contributed by atoms with Crippen molar-refractivity contribution in [3.05, 3.63) is 57.0 Å². The molecule has 2 rings (SSSR count). The number of hydrogen-bond donors (Lipinski definition) is 1. The predicted octanol–water partition coefficient (Wildman–Crippen LogP) is 3.44. The molecular formula is C13H11Br2NO3S. The summed E-state index contributed by atoms with van der Waals surface area (Å²) in [5, 5.41) is 5.06. The molecule has 0 saturated heterocycles. The van der Waals surface area contributed by atoms with E-state index in [1.165, 1.54) is 12.1 Å². The molecule has 0 bridgehead atoms. The van der Waals surface area contributed by atoms with Gasteiger partial charge in [0.2, 0.25) is 10.0 Å². The van der Waals surface area contributed by atoms with Crippen molar-refractivity contribution >= 4 is 41.9 Å². The summed E-state index contributed by atoms with van der Waals surface area (Å²) in [6.07, 6.45) is 0. The summed E-state index contributed by atoms with van der Waals surface area (Å²) < 4.78 is 29.6. The minimum Gasteiger partial charge on any atom is -0.488 e. The Morgan fingerprint density at radius 1 is 1.05 bits per heavy atom. The second-order valence-corrected chi connectivity index (χ2v) is 7.29. The standard InChI is InChI=1S/C13H11Br2NO3S/c14-11-4-2-1-3-9(11)8-19-13-6-5-10(7-12(13)15)20(16,17)18/h1-7H,8H2,(H2,16,17,18). The van der Waals surface area contributed by atoms with Gasteiger partial charge in [0.15, 0.2) is 0 Å². The lowest BCUT2D eigenvalue weighted by Crippen LogP contribution is -2.12. The summed E-state index contributed by atoms with van der Waals surface area (Å²) in [6, 6.07) is 12.1. The first-order valence-corrected chi connectivity index (χ1v) is 8.70. The van der Waals surface area contributed by atoms with E-state index in [0.29, 0.717) is 16.8 Å². The number of sulfonamides is 1. The van der Waals surface area contributed by atoms with Gasteiger partial charge in [0.1, 0.15) is 12.4 Å². The van der Waals surface area contributed by atoms with Crippen molar-refractivity contribution in [1.29, 1.82) is 0 Å². The Balaban J connectivity index is 2.17. The van der Waals surface area contributed by atoms with Crippen LogP contribution in [0.1, 0.15) is 5.56 Å². The molecule has 2 aromatic rings. The van der Waals surface area contributed by atoms with E-state index in [1.807, 2.05) is 24.3 Å². The first-order chi connectivity index (χ1) is 9.38.